The molecule has 0 atom stereocenters. The van der Waals surface area contributed by atoms with Gasteiger partial charge in [0.05, 0.1) is 33.5 Å². The highest BCUT2D eigenvalue weighted by Gasteiger charge is 2.22. The summed E-state index contributed by atoms with van der Waals surface area (Å²) in [6.45, 7) is 1.74. The van der Waals surface area contributed by atoms with Gasteiger partial charge in [-0.1, -0.05) is 19.1 Å². The van der Waals surface area contributed by atoms with Gasteiger partial charge in [-0.2, -0.15) is 0 Å². The largest absolute Gasteiger partial charge is 0.332 e. The number of fused-ring (bicyclic) bond motifs is 1. The second kappa shape index (κ2) is 7.63. The van der Waals surface area contributed by atoms with Gasteiger partial charge in [0.2, 0.25) is 0 Å². The first-order valence-electron chi connectivity index (χ1n) is 8.86. The highest BCUT2D eigenvalue weighted by molar-refractivity contribution is 7.91. The molecule has 29 heavy (non-hydrogen) atoms. The molecule has 0 aliphatic carbocycles. The number of benzene rings is 1. The molecule has 0 fully saturated rings. The minimum Gasteiger partial charge on any atom is -0.321 e. The molecule has 0 bridgehead atoms. The van der Waals surface area contributed by atoms with Crippen molar-refractivity contribution in [2.24, 2.45) is 14.1 Å². The first-order chi connectivity index (χ1) is 13.7. The van der Waals surface area contributed by atoms with E-state index in [2.05, 4.69) is 10.3 Å². The molecule has 0 aliphatic heterocycles. The van der Waals surface area contributed by atoms with E-state index < -0.39 is 27.0 Å². The van der Waals surface area contributed by atoms with Gasteiger partial charge in [-0.3, -0.25) is 18.7 Å². The van der Waals surface area contributed by atoms with E-state index in [1.54, 1.807) is 19.1 Å². The second-order valence-electron chi connectivity index (χ2n) is 6.57. The third-order valence-electron chi connectivity index (χ3n) is 4.49. The standard InChI is InChI=1S/C19H20N4O5S/c1-4-9-29(27,28)15-8-6-5-7-13(15)17(24)21-12-10-14-16(20-11-12)22(2)19(26)23(3)18(14)25/h5-8,10-11H,4,9H2,1-3H3,(H,21,24). The first-order valence-corrected chi connectivity index (χ1v) is 10.5. The Morgan fingerprint density at radius 2 is 1.83 bits per heavy atom. The molecule has 0 spiro atoms. The van der Waals surface area contributed by atoms with Crippen LogP contribution in [0.3, 0.4) is 0 Å². The van der Waals surface area contributed by atoms with Gasteiger partial charge in [0.25, 0.3) is 11.5 Å². The Labute approximate surface area is 166 Å². The van der Waals surface area contributed by atoms with Crippen LogP contribution in [0.25, 0.3) is 11.0 Å². The molecule has 3 rings (SSSR count). The number of rotatable bonds is 5. The highest BCUT2D eigenvalue weighted by Crippen LogP contribution is 2.20. The average molecular weight is 416 g/mol. The van der Waals surface area contributed by atoms with Crippen LogP contribution < -0.4 is 16.6 Å². The highest BCUT2D eigenvalue weighted by atomic mass is 32.2. The number of carbonyl (C=O) groups excluding carboxylic acids is 1. The van der Waals surface area contributed by atoms with E-state index in [1.165, 1.54) is 43.1 Å². The summed E-state index contributed by atoms with van der Waals surface area (Å²) >= 11 is 0. The topological polar surface area (TPSA) is 120 Å². The second-order valence-corrected chi connectivity index (χ2v) is 8.65. The number of pyridine rings is 1. The average Bonchev–Trinajstić information content (AvgIpc) is 2.70. The predicted molar refractivity (Wildman–Crippen MR) is 109 cm³/mol. The normalized spacial score (nSPS) is 11.6. The number of nitrogens with one attached hydrogen (secondary N) is 1. The molecular formula is C19H20N4O5S. The molecule has 2 heterocycles. The van der Waals surface area contributed by atoms with E-state index >= 15 is 0 Å². The molecule has 1 aromatic carbocycles. The smallest absolute Gasteiger partial charge is 0.321 e. The van der Waals surface area contributed by atoms with Gasteiger partial charge < -0.3 is 5.32 Å². The van der Waals surface area contributed by atoms with Gasteiger partial charge in [0.1, 0.15) is 5.65 Å². The Morgan fingerprint density at radius 1 is 1.14 bits per heavy atom. The fourth-order valence-electron chi connectivity index (χ4n) is 3.04. The zero-order chi connectivity index (χ0) is 21.3. The maximum absolute atomic E-state index is 12.8. The van der Waals surface area contributed by atoms with E-state index in [4.69, 9.17) is 0 Å². The predicted octanol–water partition coefficient (Wildman–Crippen LogP) is 1.07. The SMILES string of the molecule is CCCS(=O)(=O)c1ccccc1C(=O)Nc1cnc2c(c1)c(=O)n(C)c(=O)n2C. The first kappa shape index (κ1) is 20.5. The van der Waals surface area contributed by atoms with Crippen molar-refractivity contribution in [1.29, 1.82) is 0 Å². The number of amides is 1. The van der Waals surface area contributed by atoms with Crippen molar-refractivity contribution in [3.63, 3.8) is 0 Å². The van der Waals surface area contributed by atoms with E-state index in [1.807, 2.05) is 0 Å². The van der Waals surface area contributed by atoms with Crippen LogP contribution in [0.15, 0.2) is 51.0 Å². The van der Waals surface area contributed by atoms with E-state index in [9.17, 15) is 22.8 Å². The van der Waals surface area contributed by atoms with Crippen molar-refractivity contribution in [1.82, 2.24) is 14.1 Å². The Hall–Kier alpha value is -3.27. The summed E-state index contributed by atoms with van der Waals surface area (Å²) in [6.07, 6.45) is 1.73. The Balaban J connectivity index is 2.04. The number of nitrogens with zero attached hydrogens (tertiary/aromatic N) is 3. The fourth-order valence-corrected chi connectivity index (χ4v) is 4.58. The van der Waals surface area contributed by atoms with Gasteiger partial charge in [-0.05, 0) is 24.6 Å². The number of hydrogen-bond donors (Lipinski definition) is 1. The molecule has 2 aromatic heterocycles. The summed E-state index contributed by atoms with van der Waals surface area (Å²) < 4.78 is 27.1. The van der Waals surface area contributed by atoms with Crippen LogP contribution in [0.5, 0.6) is 0 Å². The van der Waals surface area contributed by atoms with Crippen LogP contribution in [-0.2, 0) is 23.9 Å². The monoisotopic (exact) mass is 416 g/mol. The lowest BCUT2D eigenvalue weighted by atomic mass is 10.2. The summed E-state index contributed by atoms with van der Waals surface area (Å²) in [6, 6.07) is 7.36. The summed E-state index contributed by atoms with van der Waals surface area (Å²) in [7, 11) is -0.762. The summed E-state index contributed by atoms with van der Waals surface area (Å²) in [4.78, 5) is 41.2. The lowest BCUT2D eigenvalue weighted by Gasteiger charge is -2.11. The van der Waals surface area contributed by atoms with Crippen molar-refractivity contribution < 1.29 is 13.2 Å². The number of sulfone groups is 1. The van der Waals surface area contributed by atoms with Gasteiger partial charge in [0, 0.05) is 14.1 Å². The molecule has 3 aromatic rings. The molecule has 0 aliphatic rings. The van der Waals surface area contributed by atoms with Crippen LogP contribution in [0.4, 0.5) is 5.69 Å². The third kappa shape index (κ3) is 3.70. The quantitative estimate of drug-likeness (QED) is 0.664. The van der Waals surface area contributed by atoms with Crippen LogP contribution in [-0.4, -0.2) is 34.2 Å². The zero-order valence-electron chi connectivity index (χ0n) is 16.2. The van der Waals surface area contributed by atoms with Crippen molar-refractivity contribution in [2.75, 3.05) is 11.1 Å². The van der Waals surface area contributed by atoms with Gasteiger partial charge in [-0.25, -0.2) is 18.2 Å². The molecule has 0 saturated heterocycles. The van der Waals surface area contributed by atoms with Crippen molar-refractivity contribution >= 4 is 32.5 Å². The van der Waals surface area contributed by atoms with Crippen molar-refractivity contribution in [2.45, 2.75) is 18.2 Å². The van der Waals surface area contributed by atoms with Crippen LogP contribution in [0.2, 0.25) is 0 Å². The number of anilines is 1. The van der Waals surface area contributed by atoms with Crippen LogP contribution in [0.1, 0.15) is 23.7 Å². The Kier molecular flexibility index (Phi) is 5.38. The molecule has 9 nitrogen and oxygen atoms in total. The van der Waals surface area contributed by atoms with Gasteiger partial charge >= 0.3 is 5.69 Å². The zero-order valence-corrected chi connectivity index (χ0v) is 17.0. The van der Waals surface area contributed by atoms with Crippen molar-refractivity contribution in [3.8, 4) is 0 Å². The summed E-state index contributed by atoms with van der Waals surface area (Å²) in [5.74, 6) is -0.707. The number of aryl methyl sites for hydroxylation is 1. The van der Waals surface area contributed by atoms with E-state index in [0.29, 0.717) is 6.42 Å². The number of carbonyl (C=O) groups is 1. The molecule has 0 unspecified atom stereocenters. The van der Waals surface area contributed by atoms with E-state index in [0.717, 1.165) is 4.57 Å². The molecule has 1 amide bonds. The number of aromatic nitrogens is 3. The van der Waals surface area contributed by atoms with Gasteiger partial charge in [-0.15, -0.1) is 0 Å². The fraction of sp³-hybridized carbons (Fsp3) is 0.263. The maximum atomic E-state index is 12.8. The minimum atomic E-state index is -3.60. The Morgan fingerprint density at radius 3 is 2.52 bits per heavy atom. The molecule has 0 radical (unpaired) electrons. The molecule has 0 saturated carbocycles. The molecular weight excluding hydrogens is 396 g/mol. The lowest BCUT2D eigenvalue weighted by molar-refractivity contribution is 0.102. The summed E-state index contributed by atoms with van der Waals surface area (Å²) in [5, 5.41) is 2.74. The Bertz CT molecular complexity index is 1340. The van der Waals surface area contributed by atoms with Crippen LogP contribution in [0, 0.1) is 0 Å². The number of hydrogen-bond acceptors (Lipinski definition) is 6. The minimum absolute atomic E-state index is 0.00871. The molecule has 152 valence electrons. The summed E-state index contributed by atoms with van der Waals surface area (Å²) in [5.41, 5.74) is -0.656. The maximum Gasteiger partial charge on any atom is 0.332 e. The van der Waals surface area contributed by atoms with Crippen molar-refractivity contribution in [3.05, 3.63) is 62.9 Å². The third-order valence-corrected chi connectivity index (χ3v) is 6.46. The molecule has 1 N–H and O–H groups in total. The lowest BCUT2D eigenvalue weighted by Crippen LogP contribution is -2.37. The van der Waals surface area contributed by atoms with Gasteiger partial charge in [0.15, 0.2) is 9.84 Å². The van der Waals surface area contributed by atoms with Crippen LogP contribution >= 0.6 is 0 Å². The van der Waals surface area contributed by atoms with E-state index in [-0.39, 0.29) is 32.9 Å². The molecule has 10 heteroatoms.